The SMILES string of the molecule is O=C1NC(=Nc2ccccc2C(F)(F)F)SC1=Cc1cccc2ccccc12. The molecule has 1 fully saturated rings. The van der Waals surface area contributed by atoms with E-state index in [2.05, 4.69) is 10.3 Å². The van der Waals surface area contributed by atoms with Gasteiger partial charge in [-0.25, -0.2) is 4.99 Å². The van der Waals surface area contributed by atoms with Crippen LogP contribution in [0.2, 0.25) is 0 Å². The van der Waals surface area contributed by atoms with Gasteiger partial charge in [-0.15, -0.1) is 0 Å². The molecule has 0 aromatic heterocycles. The van der Waals surface area contributed by atoms with Crippen molar-refractivity contribution in [1.82, 2.24) is 5.32 Å². The smallest absolute Gasteiger partial charge is 0.300 e. The molecule has 4 rings (SSSR count). The molecule has 3 nitrogen and oxygen atoms in total. The lowest BCUT2D eigenvalue weighted by Crippen LogP contribution is -2.19. The van der Waals surface area contributed by atoms with E-state index in [1.807, 2.05) is 42.5 Å². The largest absolute Gasteiger partial charge is 0.418 e. The van der Waals surface area contributed by atoms with Gasteiger partial charge in [0.15, 0.2) is 5.17 Å². The lowest BCUT2D eigenvalue weighted by molar-refractivity contribution is -0.137. The van der Waals surface area contributed by atoms with E-state index >= 15 is 0 Å². The van der Waals surface area contributed by atoms with Gasteiger partial charge in [-0.05, 0) is 46.3 Å². The van der Waals surface area contributed by atoms with Crippen molar-refractivity contribution >= 4 is 45.4 Å². The Morgan fingerprint density at radius 2 is 1.64 bits per heavy atom. The van der Waals surface area contributed by atoms with Crippen molar-refractivity contribution in [2.24, 2.45) is 4.99 Å². The van der Waals surface area contributed by atoms with Crippen molar-refractivity contribution in [3.8, 4) is 0 Å². The van der Waals surface area contributed by atoms with E-state index in [4.69, 9.17) is 0 Å². The summed E-state index contributed by atoms with van der Waals surface area (Å²) in [5.74, 6) is -0.388. The Kier molecular flexibility index (Phi) is 4.68. The Hall–Kier alpha value is -3.06. The maximum atomic E-state index is 13.1. The molecule has 0 unspecified atom stereocenters. The zero-order chi connectivity index (χ0) is 19.7. The number of halogens is 3. The van der Waals surface area contributed by atoms with Crippen molar-refractivity contribution < 1.29 is 18.0 Å². The Labute approximate surface area is 163 Å². The maximum absolute atomic E-state index is 13.1. The van der Waals surface area contributed by atoms with Crippen LogP contribution in [0.1, 0.15) is 11.1 Å². The molecule has 28 heavy (non-hydrogen) atoms. The van der Waals surface area contributed by atoms with Gasteiger partial charge in [0.1, 0.15) is 0 Å². The van der Waals surface area contributed by atoms with Gasteiger partial charge in [-0.1, -0.05) is 54.6 Å². The third-order valence-electron chi connectivity index (χ3n) is 4.19. The van der Waals surface area contributed by atoms with Crippen molar-refractivity contribution in [2.75, 3.05) is 0 Å². The normalized spacial score (nSPS) is 17.5. The summed E-state index contributed by atoms with van der Waals surface area (Å²) in [4.78, 5) is 16.7. The monoisotopic (exact) mass is 398 g/mol. The van der Waals surface area contributed by atoms with Gasteiger partial charge >= 0.3 is 6.18 Å². The van der Waals surface area contributed by atoms with Crippen LogP contribution in [0.25, 0.3) is 16.8 Å². The molecule has 0 atom stereocenters. The van der Waals surface area contributed by atoms with Crippen molar-refractivity contribution in [3.63, 3.8) is 0 Å². The quantitative estimate of drug-likeness (QED) is 0.559. The minimum absolute atomic E-state index is 0.119. The Morgan fingerprint density at radius 1 is 0.929 bits per heavy atom. The van der Waals surface area contributed by atoms with E-state index in [0.29, 0.717) is 4.91 Å². The lowest BCUT2D eigenvalue weighted by Gasteiger charge is -2.09. The van der Waals surface area contributed by atoms with Crippen LogP contribution < -0.4 is 5.32 Å². The summed E-state index contributed by atoms with van der Waals surface area (Å²) in [6.45, 7) is 0. The van der Waals surface area contributed by atoms with Gasteiger partial charge < -0.3 is 5.32 Å². The average molecular weight is 398 g/mol. The third kappa shape index (κ3) is 3.66. The first-order valence-corrected chi connectivity index (χ1v) is 9.17. The van der Waals surface area contributed by atoms with Crippen LogP contribution in [0.4, 0.5) is 18.9 Å². The highest BCUT2D eigenvalue weighted by molar-refractivity contribution is 8.18. The predicted molar refractivity (Wildman–Crippen MR) is 106 cm³/mol. The van der Waals surface area contributed by atoms with Gasteiger partial charge in [0.25, 0.3) is 5.91 Å². The van der Waals surface area contributed by atoms with Crippen LogP contribution in [0.3, 0.4) is 0 Å². The Morgan fingerprint density at radius 3 is 2.46 bits per heavy atom. The van der Waals surface area contributed by atoms with Gasteiger partial charge in [-0.3, -0.25) is 4.79 Å². The fourth-order valence-electron chi connectivity index (χ4n) is 2.92. The number of alkyl halides is 3. The zero-order valence-electron chi connectivity index (χ0n) is 14.3. The highest BCUT2D eigenvalue weighted by Crippen LogP contribution is 2.37. The summed E-state index contributed by atoms with van der Waals surface area (Å²) in [6.07, 6.45) is -2.80. The van der Waals surface area contributed by atoms with Crippen LogP contribution >= 0.6 is 11.8 Å². The molecule has 0 saturated carbocycles. The number of hydrogen-bond acceptors (Lipinski definition) is 3. The van der Waals surface area contributed by atoms with E-state index in [0.717, 1.165) is 34.2 Å². The molecule has 3 aromatic carbocycles. The fourth-order valence-corrected chi connectivity index (χ4v) is 3.74. The minimum Gasteiger partial charge on any atom is -0.300 e. The van der Waals surface area contributed by atoms with Crippen LogP contribution in [-0.2, 0) is 11.0 Å². The average Bonchev–Trinajstić information content (AvgIpc) is 3.00. The number of hydrogen-bond donors (Lipinski definition) is 1. The number of carbonyl (C=O) groups is 1. The standard InChI is InChI=1S/C21H13F3N2OS/c22-21(23,24)16-10-3-4-11-17(16)25-20-26-19(27)18(28-20)12-14-8-5-7-13-6-1-2-9-15(13)14/h1-12H,(H,25,26,27). The summed E-state index contributed by atoms with van der Waals surface area (Å²) in [7, 11) is 0. The second-order valence-electron chi connectivity index (χ2n) is 6.07. The molecular weight excluding hydrogens is 385 g/mol. The van der Waals surface area contributed by atoms with Crippen molar-refractivity contribution in [2.45, 2.75) is 6.18 Å². The van der Waals surface area contributed by atoms with Gasteiger partial charge in [0.05, 0.1) is 16.2 Å². The Bertz CT molecular complexity index is 1130. The molecule has 7 heteroatoms. The first-order valence-electron chi connectivity index (χ1n) is 8.35. The van der Waals surface area contributed by atoms with Gasteiger partial charge in [0.2, 0.25) is 0 Å². The van der Waals surface area contributed by atoms with Crippen LogP contribution in [0.15, 0.2) is 76.6 Å². The number of nitrogens with zero attached hydrogens (tertiary/aromatic N) is 1. The van der Waals surface area contributed by atoms with E-state index in [1.165, 1.54) is 18.2 Å². The summed E-state index contributed by atoms with van der Waals surface area (Å²) < 4.78 is 39.4. The van der Waals surface area contributed by atoms with Crippen LogP contribution in [0.5, 0.6) is 0 Å². The number of rotatable bonds is 2. The topological polar surface area (TPSA) is 41.5 Å². The van der Waals surface area contributed by atoms with E-state index in [-0.39, 0.29) is 16.8 Å². The molecule has 1 heterocycles. The number of nitrogens with one attached hydrogen (secondary N) is 1. The molecule has 1 aliphatic rings. The lowest BCUT2D eigenvalue weighted by atomic mass is 10.0. The Balaban J connectivity index is 1.69. The summed E-state index contributed by atoms with van der Waals surface area (Å²) in [6, 6.07) is 18.5. The number of thioether (sulfide) groups is 1. The molecule has 140 valence electrons. The number of para-hydroxylation sites is 1. The number of amidine groups is 1. The molecule has 0 bridgehead atoms. The van der Waals surface area contributed by atoms with Crippen LogP contribution in [-0.4, -0.2) is 11.1 Å². The highest BCUT2D eigenvalue weighted by atomic mass is 32.2. The second kappa shape index (κ2) is 7.16. The van der Waals surface area contributed by atoms with Crippen molar-refractivity contribution in [1.29, 1.82) is 0 Å². The summed E-state index contributed by atoms with van der Waals surface area (Å²) in [5, 5.41) is 4.68. The molecule has 0 spiro atoms. The highest BCUT2D eigenvalue weighted by Gasteiger charge is 2.34. The first kappa shape index (κ1) is 18.3. The molecule has 1 saturated heterocycles. The van der Waals surface area contributed by atoms with E-state index < -0.39 is 11.7 Å². The zero-order valence-corrected chi connectivity index (χ0v) is 15.1. The number of carbonyl (C=O) groups excluding carboxylic acids is 1. The van der Waals surface area contributed by atoms with Gasteiger partial charge in [0, 0.05) is 0 Å². The molecular formula is C21H13F3N2OS. The fraction of sp³-hybridized carbons (Fsp3) is 0.0476. The van der Waals surface area contributed by atoms with E-state index in [1.54, 1.807) is 6.08 Å². The molecule has 3 aromatic rings. The first-order chi connectivity index (χ1) is 13.4. The number of benzene rings is 3. The molecule has 0 aliphatic carbocycles. The second-order valence-corrected chi connectivity index (χ2v) is 7.10. The van der Waals surface area contributed by atoms with Crippen LogP contribution in [0, 0.1) is 0 Å². The predicted octanol–water partition coefficient (Wildman–Crippen LogP) is 5.75. The summed E-state index contributed by atoms with van der Waals surface area (Å²) in [5.41, 5.74) is -0.222. The maximum Gasteiger partial charge on any atom is 0.418 e. The van der Waals surface area contributed by atoms with Gasteiger partial charge in [-0.2, -0.15) is 13.2 Å². The number of aliphatic imine (C=N–C) groups is 1. The summed E-state index contributed by atoms with van der Waals surface area (Å²) >= 11 is 1.02. The number of fused-ring (bicyclic) bond motifs is 1. The third-order valence-corrected chi connectivity index (χ3v) is 5.10. The number of amides is 1. The molecule has 1 aliphatic heterocycles. The van der Waals surface area contributed by atoms with E-state index in [9.17, 15) is 18.0 Å². The minimum atomic E-state index is -4.52. The molecule has 1 amide bonds. The molecule has 0 radical (unpaired) electrons. The van der Waals surface area contributed by atoms with Crippen molar-refractivity contribution in [3.05, 3.63) is 82.8 Å². The molecule has 1 N–H and O–H groups in total.